The molecule has 2 N–H and O–H groups in total. The highest BCUT2D eigenvalue weighted by atomic mass is 32.2. The van der Waals surface area contributed by atoms with Crippen LogP contribution in [0.5, 0.6) is 0 Å². The average Bonchev–Trinajstić information content (AvgIpc) is 1.41. The number of rotatable bonds is 21. The lowest BCUT2D eigenvalue weighted by molar-refractivity contribution is -0.0602. The number of aliphatic hydroxyl groups is 1. The first kappa shape index (κ1) is 81.3. The van der Waals surface area contributed by atoms with Crippen LogP contribution in [0.2, 0.25) is 0 Å². The van der Waals surface area contributed by atoms with E-state index in [0.717, 1.165) is 16.7 Å². The molecule has 0 unspecified atom stereocenters. The molecule has 2 aliphatic rings. The van der Waals surface area contributed by atoms with Gasteiger partial charge in [-0.15, -0.1) is 32.1 Å². The third kappa shape index (κ3) is 26.0. The maximum absolute atomic E-state index is 14.0. The summed E-state index contributed by atoms with van der Waals surface area (Å²) in [6, 6.07) is 54.2. The number of terminal acetylenes is 5. The molecule has 8 rings (SSSR count). The molecule has 6 aromatic carbocycles. The lowest BCUT2D eigenvalue weighted by Gasteiger charge is -2.30. The first-order valence-electron chi connectivity index (χ1n) is 30.8. The van der Waals surface area contributed by atoms with E-state index in [2.05, 4.69) is 39.1 Å². The van der Waals surface area contributed by atoms with Crippen molar-refractivity contribution in [3.63, 3.8) is 0 Å². The number of carbonyl (C=O) groups excluding carboxylic acids is 2. The minimum atomic E-state index is -5.72. The van der Waals surface area contributed by atoms with Crippen molar-refractivity contribution < 1.29 is 58.7 Å². The van der Waals surface area contributed by atoms with Crippen molar-refractivity contribution in [1.82, 2.24) is 29.8 Å². The number of halogens is 5. The van der Waals surface area contributed by atoms with E-state index in [9.17, 15) is 45.1 Å². The topological polar surface area (TPSA) is 144 Å². The van der Waals surface area contributed by atoms with Crippen LogP contribution < -0.4 is 5.32 Å². The molecule has 0 spiro atoms. The first-order valence-corrected chi connectivity index (χ1v) is 32.2. The zero-order chi connectivity index (χ0) is 71.5. The fraction of sp³-hybridized carbons (Fsp3) is 0.368. The highest BCUT2D eigenvalue weighted by molar-refractivity contribution is 7.87. The number of alkyl halides is 5. The Hall–Kier alpha value is -8.98. The van der Waals surface area contributed by atoms with Crippen LogP contribution >= 0.6 is 0 Å². The summed E-state index contributed by atoms with van der Waals surface area (Å²) in [5.41, 5.74) is -0.802. The molecule has 512 valence electrons. The molecule has 12 atom stereocenters. The Kier molecular flexibility index (Phi) is 35.3. The summed E-state index contributed by atoms with van der Waals surface area (Å²) in [6.45, 7) is 13.0. The molecular formula is C76H89F5N6O8S. The largest absolute Gasteiger partial charge is 0.523 e. The Bertz CT molecular complexity index is 3390. The van der Waals surface area contributed by atoms with E-state index in [4.69, 9.17) is 41.6 Å². The predicted molar refractivity (Wildman–Crippen MR) is 370 cm³/mol. The van der Waals surface area contributed by atoms with Crippen LogP contribution in [0.15, 0.2) is 182 Å². The van der Waals surface area contributed by atoms with Gasteiger partial charge >= 0.3 is 27.8 Å². The van der Waals surface area contributed by atoms with Gasteiger partial charge in [0.15, 0.2) is 0 Å². The molecular weight excluding hydrogens is 1250 g/mol. The molecule has 2 heterocycles. The fourth-order valence-corrected chi connectivity index (χ4v) is 10.1. The number of aliphatic hydroxyl groups excluding tert-OH is 1. The highest BCUT2D eigenvalue weighted by Gasteiger charge is 2.49. The molecule has 0 aromatic heterocycles. The summed E-state index contributed by atoms with van der Waals surface area (Å²) in [4.78, 5) is 31.2. The Morgan fingerprint density at radius 2 is 0.854 bits per heavy atom. The second-order valence-corrected chi connectivity index (χ2v) is 24.3. The summed E-state index contributed by atoms with van der Waals surface area (Å²) < 4.78 is 103. The van der Waals surface area contributed by atoms with Crippen molar-refractivity contribution in [2.24, 2.45) is 0 Å². The zero-order valence-corrected chi connectivity index (χ0v) is 56.8. The number of benzene rings is 6. The molecule has 2 saturated heterocycles. The molecule has 2 aliphatic heterocycles. The number of ether oxygens (including phenoxy) is 2. The molecule has 2 amide bonds. The van der Waals surface area contributed by atoms with E-state index in [0.29, 0.717) is 42.9 Å². The number of hydrogen-bond acceptors (Lipinski definition) is 12. The third-order valence-electron chi connectivity index (χ3n) is 15.8. The summed E-state index contributed by atoms with van der Waals surface area (Å²) in [5.74, 6) is 12.4. The lowest BCUT2D eigenvalue weighted by Crippen LogP contribution is -2.38. The predicted octanol–water partition coefficient (Wildman–Crippen LogP) is 13.6. The van der Waals surface area contributed by atoms with Crippen LogP contribution in [-0.4, -0.2) is 153 Å². The summed E-state index contributed by atoms with van der Waals surface area (Å²) in [6.07, 6.45) is 21.2. The lowest BCUT2D eigenvalue weighted by atomic mass is 10.0. The number of nitrogens with zero attached hydrogens (tertiary/aromatic N) is 5. The number of nitrogens with one attached hydrogen (secondary N) is 1. The van der Waals surface area contributed by atoms with Crippen molar-refractivity contribution in [1.29, 1.82) is 0 Å². The zero-order valence-electron chi connectivity index (χ0n) is 56.0. The van der Waals surface area contributed by atoms with E-state index in [-0.39, 0.29) is 61.1 Å². The maximum atomic E-state index is 14.0. The van der Waals surface area contributed by atoms with Crippen molar-refractivity contribution in [2.75, 3.05) is 60.9 Å². The van der Waals surface area contributed by atoms with E-state index >= 15 is 0 Å². The van der Waals surface area contributed by atoms with Crippen LogP contribution in [0.25, 0.3) is 0 Å². The van der Waals surface area contributed by atoms with Gasteiger partial charge in [0.25, 0.3) is 0 Å². The van der Waals surface area contributed by atoms with Crippen molar-refractivity contribution in [3.05, 3.63) is 215 Å². The van der Waals surface area contributed by atoms with Gasteiger partial charge in [0.2, 0.25) is 0 Å². The number of amides is 2. The average molecular weight is 1340 g/mol. The van der Waals surface area contributed by atoms with Crippen molar-refractivity contribution in [2.45, 2.75) is 120 Å². The Morgan fingerprint density at radius 1 is 0.521 bits per heavy atom. The summed E-state index contributed by atoms with van der Waals surface area (Å²) in [7, 11) is 1.44. The van der Waals surface area contributed by atoms with Gasteiger partial charge in [0, 0.05) is 24.2 Å². The Labute approximate surface area is 566 Å². The van der Waals surface area contributed by atoms with Gasteiger partial charge in [0.05, 0.1) is 50.9 Å². The van der Waals surface area contributed by atoms with Crippen LogP contribution in [0.1, 0.15) is 112 Å². The van der Waals surface area contributed by atoms with Crippen LogP contribution in [0.4, 0.5) is 31.5 Å². The number of hydrogen-bond donors (Lipinski definition) is 2. The van der Waals surface area contributed by atoms with Crippen LogP contribution in [0.3, 0.4) is 0 Å². The molecule has 96 heavy (non-hydrogen) atoms. The van der Waals surface area contributed by atoms with E-state index in [1.807, 2.05) is 198 Å². The van der Waals surface area contributed by atoms with Gasteiger partial charge in [0.1, 0.15) is 30.7 Å². The smallest absolute Gasteiger partial charge is 0.439 e. The van der Waals surface area contributed by atoms with E-state index < -0.39 is 46.2 Å². The Balaban J connectivity index is 0.000000302. The molecule has 14 nitrogen and oxygen atoms in total. The second kappa shape index (κ2) is 41.8. The molecule has 0 saturated carbocycles. The van der Waals surface area contributed by atoms with Crippen molar-refractivity contribution >= 4 is 22.3 Å². The standard InChI is InChI=1S/C14H16F3NO3S.2C13H16FN.C13H13NO2.C13H17NO.C10H11NO2/c1-4-10-18(3)11(2)13(12-8-6-5-7-9-12)21-22(19,20)14(15,16)17;2*1-4-10-15(3)11(2)13(14)12-8-6-5-7-9-12;1-3-9-14-10(2)12(16-13(14)15)11-7-5-4-6-8-11;1-4-10-14(3)11(2)13(15)12-8-6-5-7-9-12;1-7-9(13-10(12)11-7)8-5-3-2-4-6-8/h1,5-9,11,13H,10H2,2-3H3;2*1,5-9,11,13H,10H2,2-3H3;1,4-8,10,12H,9H2,2H3;1,5-9,11,13,15H,10H2,2-3H3;2-7,9H,1H3,(H,11,12)/t11-,13-;2*11-,13+;10-,12-;11-,13-;7-,9-/m111111/s1/i;14-1;;;;. The second-order valence-electron chi connectivity index (χ2n) is 22.7. The molecule has 0 radical (unpaired) electrons. The van der Waals surface area contributed by atoms with Crippen LogP contribution in [-0.2, 0) is 23.8 Å². The maximum Gasteiger partial charge on any atom is 0.523 e. The van der Waals surface area contributed by atoms with Gasteiger partial charge < -0.3 is 19.9 Å². The van der Waals surface area contributed by atoms with Gasteiger partial charge in [-0.3, -0.25) is 28.7 Å². The van der Waals surface area contributed by atoms with Gasteiger partial charge in [-0.05, 0) is 103 Å². The van der Waals surface area contributed by atoms with E-state index in [1.54, 1.807) is 61.3 Å². The molecule has 20 heteroatoms. The number of likely N-dealkylation sites (N-methyl/N-ethyl adjacent to an activating group) is 4. The molecule has 6 aromatic rings. The summed E-state index contributed by atoms with van der Waals surface area (Å²) >= 11 is 0. The Morgan fingerprint density at radius 3 is 1.20 bits per heavy atom. The number of cyclic esters (lactones) is 2. The molecule has 0 bridgehead atoms. The number of alkyl carbamates (subject to hydrolysis) is 1. The first-order chi connectivity index (χ1) is 45.6. The van der Waals surface area contributed by atoms with Crippen molar-refractivity contribution in [3.8, 4) is 61.7 Å². The normalized spacial score (nSPS) is 18.0. The summed E-state index contributed by atoms with van der Waals surface area (Å²) in [5, 5.41) is 12.8. The number of carbonyl (C=O) groups is 2. The van der Waals surface area contributed by atoms with Gasteiger partial charge in [-0.1, -0.05) is 212 Å². The quantitative estimate of drug-likeness (QED) is 0.0306. The highest BCUT2D eigenvalue weighted by Crippen LogP contribution is 2.35. The van der Waals surface area contributed by atoms with Crippen LogP contribution in [0, 0.1) is 61.7 Å². The molecule has 2 fully saturated rings. The van der Waals surface area contributed by atoms with Gasteiger partial charge in [-0.25, -0.2) is 18.4 Å². The van der Waals surface area contributed by atoms with E-state index in [1.165, 1.54) is 17.0 Å². The third-order valence-corrected chi connectivity index (χ3v) is 16.9. The SMILES string of the molecule is C#CCN(C)[C@H](C)[C@@H](O)c1ccccc1.C#CCN(C)[C@H](C)[C@@H](OS(=O)(=O)C(F)(F)F)c1ccccc1.C#CCN(C)[C@H](C)[C@H](F)c1ccccc1.C#CCN(C)[C@H](C)[C@H]([18F])c1ccccc1.C#CCN1C(=O)O[C@@H](c2ccccc2)[C@H]1C.C[C@H]1NC(=O)O[C@H]1c1ccccc1. The molecule has 0 aliphatic carbocycles. The van der Waals surface area contributed by atoms with Gasteiger partial charge in [-0.2, -0.15) is 21.6 Å². The minimum absolute atomic E-state index is 0.0171. The monoisotopic (exact) mass is 1340 g/mol. The minimum Gasteiger partial charge on any atom is -0.439 e. The fourth-order valence-electron chi connectivity index (χ4n) is 9.49.